The van der Waals surface area contributed by atoms with Crippen LogP contribution in [0.3, 0.4) is 0 Å². The second-order valence-electron chi connectivity index (χ2n) is 4.28. The molecule has 1 fully saturated rings. The zero-order valence-electron chi connectivity index (χ0n) is 11.0. The topological polar surface area (TPSA) is 49.4 Å². The molecule has 1 aromatic carbocycles. The minimum Gasteiger partial charge on any atom is -0.298 e. The first-order chi connectivity index (χ1) is 10.4. The Morgan fingerprint density at radius 3 is 2.68 bits per heavy atom. The third-order valence-corrected chi connectivity index (χ3v) is 3.48. The number of nitrogens with zero attached hydrogens (tertiary/aromatic N) is 1. The quantitative estimate of drug-likeness (QED) is 0.302. The summed E-state index contributed by atoms with van der Waals surface area (Å²) in [5, 5.41) is 1.85. The van der Waals surface area contributed by atoms with Crippen LogP contribution in [-0.4, -0.2) is 28.4 Å². The summed E-state index contributed by atoms with van der Waals surface area (Å²) in [6.07, 6.45) is 2.21. The van der Waals surface area contributed by atoms with Crippen LogP contribution >= 0.6 is 23.8 Å². The first-order valence-corrected chi connectivity index (χ1v) is 6.78. The molecule has 0 saturated carbocycles. The maximum atomic E-state index is 13.9. The predicted molar refractivity (Wildman–Crippen MR) is 82.0 cm³/mol. The molecule has 1 saturated heterocycles. The van der Waals surface area contributed by atoms with Gasteiger partial charge in [-0.3, -0.25) is 19.8 Å². The third kappa shape index (κ3) is 2.90. The van der Waals surface area contributed by atoms with E-state index in [1.807, 2.05) is 0 Å². The van der Waals surface area contributed by atoms with Gasteiger partial charge in [0.1, 0.15) is 11.4 Å². The van der Waals surface area contributed by atoms with Crippen LogP contribution in [0, 0.1) is 11.6 Å². The van der Waals surface area contributed by atoms with Gasteiger partial charge in [-0.2, -0.15) is 0 Å². The van der Waals surface area contributed by atoms with Gasteiger partial charge in [0.05, 0.1) is 5.02 Å². The van der Waals surface area contributed by atoms with Gasteiger partial charge in [0.25, 0.3) is 11.8 Å². The van der Waals surface area contributed by atoms with Gasteiger partial charge in [-0.1, -0.05) is 17.7 Å². The Hall–Kier alpha value is -2.12. The standard InChI is InChI=1S/C14H9ClF2N2O2S/c1-2-5-19-13(21)8(12(20)18-14(19)22)6-7-10(16)4-3-9(15)11(7)17/h2-4,6H,1,5H2,(H,18,20,22). The van der Waals surface area contributed by atoms with Gasteiger partial charge >= 0.3 is 0 Å². The average Bonchev–Trinajstić information content (AvgIpc) is 2.46. The summed E-state index contributed by atoms with van der Waals surface area (Å²) in [5.74, 6) is -3.61. The highest BCUT2D eigenvalue weighted by molar-refractivity contribution is 7.80. The molecule has 1 aliphatic rings. The lowest BCUT2D eigenvalue weighted by Gasteiger charge is -2.27. The Balaban J connectivity index is 2.53. The normalized spacial score (nSPS) is 17.0. The first kappa shape index (κ1) is 16.3. The number of benzene rings is 1. The van der Waals surface area contributed by atoms with E-state index in [2.05, 4.69) is 11.9 Å². The van der Waals surface area contributed by atoms with Gasteiger partial charge in [0.2, 0.25) is 0 Å². The number of rotatable bonds is 3. The molecule has 0 aliphatic carbocycles. The maximum absolute atomic E-state index is 13.9. The third-order valence-electron chi connectivity index (χ3n) is 2.87. The Bertz CT molecular complexity index is 734. The van der Waals surface area contributed by atoms with Crippen molar-refractivity contribution < 1.29 is 18.4 Å². The minimum absolute atomic E-state index is 0.0514. The lowest BCUT2D eigenvalue weighted by atomic mass is 10.1. The zero-order chi connectivity index (χ0) is 16.4. The molecule has 0 radical (unpaired) electrons. The van der Waals surface area contributed by atoms with Gasteiger partial charge in [0, 0.05) is 12.1 Å². The fourth-order valence-electron chi connectivity index (χ4n) is 1.81. The molecule has 0 bridgehead atoms. The Labute approximate surface area is 135 Å². The number of carbonyl (C=O) groups excluding carboxylic acids is 2. The van der Waals surface area contributed by atoms with Crippen molar-refractivity contribution in [1.82, 2.24) is 10.2 Å². The Morgan fingerprint density at radius 2 is 2.05 bits per heavy atom. The second-order valence-corrected chi connectivity index (χ2v) is 5.07. The van der Waals surface area contributed by atoms with Crippen molar-refractivity contribution in [3.8, 4) is 0 Å². The summed E-state index contributed by atoms with van der Waals surface area (Å²) in [5.41, 5.74) is -1.02. The number of thiocarbonyl (C=S) groups is 1. The molecule has 0 spiro atoms. The van der Waals surface area contributed by atoms with E-state index in [4.69, 9.17) is 23.8 Å². The van der Waals surface area contributed by atoms with Gasteiger partial charge in [0.15, 0.2) is 10.9 Å². The number of amides is 2. The van der Waals surface area contributed by atoms with Crippen molar-refractivity contribution in [3.63, 3.8) is 0 Å². The van der Waals surface area contributed by atoms with E-state index in [1.54, 1.807) is 0 Å². The van der Waals surface area contributed by atoms with Crippen LogP contribution in [0.2, 0.25) is 5.02 Å². The summed E-state index contributed by atoms with van der Waals surface area (Å²) in [4.78, 5) is 25.1. The predicted octanol–water partition coefficient (Wildman–Crippen LogP) is 2.43. The second kappa shape index (κ2) is 6.33. The van der Waals surface area contributed by atoms with Crippen LogP contribution in [0.25, 0.3) is 6.08 Å². The zero-order valence-corrected chi connectivity index (χ0v) is 12.6. The molecule has 4 nitrogen and oxygen atoms in total. The van der Waals surface area contributed by atoms with Crippen molar-refractivity contribution in [2.24, 2.45) is 0 Å². The van der Waals surface area contributed by atoms with Crippen molar-refractivity contribution in [3.05, 3.63) is 52.6 Å². The van der Waals surface area contributed by atoms with Crippen molar-refractivity contribution in [1.29, 1.82) is 0 Å². The molecular weight excluding hydrogens is 334 g/mol. The fraction of sp³-hybridized carbons (Fsp3) is 0.0714. The Kier molecular flexibility index (Phi) is 4.68. The molecule has 114 valence electrons. The van der Waals surface area contributed by atoms with Gasteiger partial charge in [-0.25, -0.2) is 8.78 Å². The lowest BCUT2D eigenvalue weighted by molar-refractivity contribution is -0.128. The molecule has 0 aromatic heterocycles. The van der Waals surface area contributed by atoms with Crippen LogP contribution < -0.4 is 5.32 Å². The van der Waals surface area contributed by atoms with Gasteiger partial charge < -0.3 is 0 Å². The van der Waals surface area contributed by atoms with Crippen LogP contribution in [0.1, 0.15) is 5.56 Å². The van der Waals surface area contributed by atoms with E-state index in [0.717, 1.165) is 23.1 Å². The summed E-state index contributed by atoms with van der Waals surface area (Å²) in [6.45, 7) is 3.52. The molecule has 1 N–H and O–H groups in total. The van der Waals surface area contributed by atoms with Crippen molar-refractivity contribution in [2.75, 3.05) is 6.54 Å². The van der Waals surface area contributed by atoms with Crippen LogP contribution in [-0.2, 0) is 9.59 Å². The molecule has 1 aliphatic heterocycles. The molecule has 1 heterocycles. The fourth-order valence-corrected chi connectivity index (χ4v) is 2.22. The highest BCUT2D eigenvalue weighted by Gasteiger charge is 2.33. The van der Waals surface area contributed by atoms with E-state index >= 15 is 0 Å². The number of hydrogen-bond donors (Lipinski definition) is 1. The highest BCUT2D eigenvalue weighted by Crippen LogP contribution is 2.24. The van der Waals surface area contributed by atoms with E-state index in [-0.39, 0.29) is 16.7 Å². The molecule has 22 heavy (non-hydrogen) atoms. The van der Waals surface area contributed by atoms with E-state index < -0.39 is 34.6 Å². The van der Waals surface area contributed by atoms with Crippen LogP contribution in [0.15, 0.2) is 30.4 Å². The molecule has 1 aromatic rings. The summed E-state index contributed by atoms with van der Waals surface area (Å²) in [6, 6.07) is 1.98. The van der Waals surface area contributed by atoms with Crippen LogP contribution in [0.4, 0.5) is 8.78 Å². The van der Waals surface area contributed by atoms with Crippen LogP contribution in [0.5, 0.6) is 0 Å². The van der Waals surface area contributed by atoms with E-state index in [9.17, 15) is 18.4 Å². The monoisotopic (exact) mass is 342 g/mol. The van der Waals surface area contributed by atoms with E-state index in [1.165, 1.54) is 6.08 Å². The van der Waals surface area contributed by atoms with Crippen molar-refractivity contribution in [2.45, 2.75) is 0 Å². The molecule has 2 rings (SSSR count). The largest absolute Gasteiger partial charge is 0.298 e. The first-order valence-electron chi connectivity index (χ1n) is 6.00. The highest BCUT2D eigenvalue weighted by atomic mass is 35.5. The van der Waals surface area contributed by atoms with Gasteiger partial charge in [-0.15, -0.1) is 6.58 Å². The Morgan fingerprint density at radius 1 is 1.36 bits per heavy atom. The number of nitrogens with one attached hydrogen (secondary N) is 1. The molecule has 0 unspecified atom stereocenters. The molecule has 0 atom stereocenters. The molecule has 8 heteroatoms. The summed E-state index contributed by atoms with van der Waals surface area (Å²) in [7, 11) is 0. The van der Waals surface area contributed by atoms with E-state index in [0.29, 0.717) is 0 Å². The molecular formula is C14H9ClF2N2O2S. The number of carbonyl (C=O) groups is 2. The smallest absolute Gasteiger partial charge is 0.265 e. The molecule has 2 amide bonds. The minimum atomic E-state index is -1.06. The SMILES string of the molecule is C=CCN1C(=O)C(=Cc2c(F)ccc(Cl)c2F)C(=O)NC1=S. The average molecular weight is 343 g/mol. The summed E-state index contributed by atoms with van der Waals surface area (Å²) >= 11 is 10.4. The number of halogens is 3. The van der Waals surface area contributed by atoms with Crippen molar-refractivity contribution >= 4 is 46.8 Å². The lowest BCUT2D eigenvalue weighted by Crippen LogP contribution is -2.53. The summed E-state index contributed by atoms with van der Waals surface area (Å²) < 4.78 is 27.6. The van der Waals surface area contributed by atoms with Gasteiger partial charge in [-0.05, 0) is 30.4 Å². The number of hydrogen-bond acceptors (Lipinski definition) is 3. The maximum Gasteiger partial charge on any atom is 0.265 e.